The molecule has 0 aliphatic carbocycles. The second-order valence-electron chi connectivity index (χ2n) is 8.83. The second kappa shape index (κ2) is 10.7. The third-order valence-electron chi connectivity index (χ3n) is 5.77. The van der Waals surface area contributed by atoms with Crippen molar-refractivity contribution in [2.75, 3.05) is 16.4 Å². The Morgan fingerprint density at radius 2 is 1.51 bits per heavy atom. The highest BCUT2D eigenvalue weighted by Gasteiger charge is 2.34. The topological polar surface area (TPSA) is 105 Å². The van der Waals surface area contributed by atoms with Crippen molar-refractivity contribution < 1.29 is 31.2 Å². The Morgan fingerprint density at radius 3 is 2.08 bits per heavy atom. The molecular formula is C26H26F3N3O4S. The van der Waals surface area contributed by atoms with E-state index in [0.29, 0.717) is 16.8 Å². The number of benzene rings is 2. The quantitative estimate of drug-likeness (QED) is 0.424. The molecule has 196 valence electrons. The minimum absolute atomic E-state index is 0.0105. The lowest BCUT2D eigenvalue weighted by atomic mass is 9.83. The van der Waals surface area contributed by atoms with Gasteiger partial charge in [0.1, 0.15) is 11.5 Å². The van der Waals surface area contributed by atoms with Gasteiger partial charge in [-0.15, -0.1) is 0 Å². The summed E-state index contributed by atoms with van der Waals surface area (Å²) in [6.45, 7) is 4.79. The number of carbonyl (C=O) groups is 2. The third-order valence-corrected chi connectivity index (χ3v) is 7.52. The number of pyridine rings is 1. The Bertz CT molecular complexity index is 1390. The Hall–Kier alpha value is -3.73. The van der Waals surface area contributed by atoms with Gasteiger partial charge in [0, 0.05) is 5.69 Å². The number of hydrogen-bond donors (Lipinski definition) is 2. The monoisotopic (exact) mass is 533 g/mol. The first-order valence-electron chi connectivity index (χ1n) is 11.3. The molecule has 3 rings (SSSR count). The fourth-order valence-corrected chi connectivity index (χ4v) is 4.29. The number of alkyl halides is 3. The summed E-state index contributed by atoms with van der Waals surface area (Å²) < 4.78 is 62.5. The molecule has 0 fully saturated rings. The first kappa shape index (κ1) is 27.9. The number of aromatic nitrogens is 1. The molecule has 1 heterocycles. The fraction of sp³-hybridized carbons (Fsp3) is 0.269. The Labute approximate surface area is 213 Å². The molecule has 0 atom stereocenters. The predicted octanol–water partition coefficient (Wildman–Crippen LogP) is 4.99. The van der Waals surface area contributed by atoms with Crippen molar-refractivity contribution in [1.29, 1.82) is 0 Å². The van der Waals surface area contributed by atoms with Crippen LogP contribution in [0.15, 0.2) is 71.6 Å². The zero-order chi connectivity index (χ0) is 27.4. The SMILES string of the molecule is CCS(=O)(=O)c1ccc(CC(=O)Nc2ccc(C(C)(C)C(=O)Nc3cccc(C(F)(F)F)n3)cc2)cc1. The molecule has 0 aliphatic rings. The molecule has 0 radical (unpaired) electrons. The number of nitrogens with zero attached hydrogens (tertiary/aromatic N) is 1. The van der Waals surface area contributed by atoms with Crippen LogP contribution in [0.3, 0.4) is 0 Å². The molecule has 7 nitrogen and oxygen atoms in total. The second-order valence-corrected chi connectivity index (χ2v) is 11.1. The summed E-state index contributed by atoms with van der Waals surface area (Å²) in [7, 11) is -3.32. The van der Waals surface area contributed by atoms with E-state index in [1.54, 1.807) is 57.2 Å². The minimum atomic E-state index is -4.63. The molecule has 37 heavy (non-hydrogen) atoms. The number of sulfone groups is 1. The van der Waals surface area contributed by atoms with Crippen molar-refractivity contribution in [3.63, 3.8) is 0 Å². The molecule has 2 amide bonds. The van der Waals surface area contributed by atoms with Crippen LogP contribution in [0.2, 0.25) is 0 Å². The summed E-state index contributed by atoms with van der Waals surface area (Å²) in [6.07, 6.45) is -4.60. The van der Waals surface area contributed by atoms with Crippen LogP contribution in [0.5, 0.6) is 0 Å². The van der Waals surface area contributed by atoms with E-state index in [0.717, 1.165) is 12.1 Å². The summed E-state index contributed by atoms with van der Waals surface area (Å²) in [5.41, 5.74) is -0.522. The van der Waals surface area contributed by atoms with Crippen LogP contribution in [-0.4, -0.2) is 31.0 Å². The lowest BCUT2D eigenvalue weighted by Crippen LogP contribution is -2.35. The largest absolute Gasteiger partial charge is 0.433 e. The molecule has 3 aromatic rings. The van der Waals surface area contributed by atoms with Gasteiger partial charge in [-0.3, -0.25) is 9.59 Å². The molecule has 11 heteroatoms. The maximum absolute atomic E-state index is 12.9. The molecule has 1 aromatic heterocycles. The molecule has 0 saturated heterocycles. The number of anilines is 2. The van der Waals surface area contributed by atoms with Crippen LogP contribution in [0.4, 0.5) is 24.7 Å². The summed E-state index contributed by atoms with van der Waals surface area (Å²) in [6, 6.07) is 15.9. The van der Waals surface area contributed by atoms with E-state index in [2.05, 4.69) is 15.6 Å². The van der Waals surface area contributed by atoms with E-state index in [9.17, 15) is 31.2 Å². The van der Waals surface area contributed by atoms with E-state index in [1.807, 2.05) is 0 Å². The van der Waals surface area contributed by atoms with Crippen molar-refractivity contribution in [3.05, 3.63) is 83.6 Å². The zero-order valence-corrected chi connectivity index (χ0v) is 21.2. The zero-order valence-electron chi connectivity index (χ0n) is 20.4. The van der Waals surface area contributed by atoms with Crippen LogP contribution in [-0.2, 0) is 37.4 Å². The smallest absolute Gasteiger partial charge is 0.326 e. The Kier molecular flexibility index (Phi) is 8.06. The fourth-order valence-electron chi connectivity index (χ4n) is 3.41. The van der Waals surface area contributed by atoms with Crippen LogP contribution < -0.4 is 10.6 Å². The van der Waals surface area contributed by atoms with Gasteiger partial charge in [0.2, 0.25) is 11.8 Å². The van der Waals surface area contributed by atoms with Gasteiger partial charge in [-0.2, -0.15) is 13.2 Å². The molecule has 0 spiro atoms. The van der Waals surface area contributed by atoms with Gasteiger partial charge >= 0.3 is 6.18 Å². The van der Waals surface area contributed by atoms with Gasteiger partial charge in [0.05, 0.1) is 22.5 Å². The summed E-state index contributed by atoms with van der Waals surface area (Å²) in [4.78, 5) is 28.9. The maximum Gasteiger partial charge on any atom is 0.433 e. The maximum atomic E-state index is 12.9. The van der Waals surface area contributed by atoms with Gasteiger partial charge in [0.25, 0.3) is 0 Å². The van der Waals surface area contributed by atoms with Crippen molar-refractivity contribution in [2.45, 2.75) is 43.7 Å². The van der Waals surface area contributed by atoms with Crippen LogP contribution in [0.1, 0.15) is 37.6 Å². The lowest BCUT2D eigenvalue weighted by molar-refractivity contribution is -0.141. The van der Waals surface area contributed by atoms with E-state index >= 15 is 0 Å². The summed E-state index contributed by atoms with van der Waals surface area (Å²) in [5, 5.41) is 5.17. The molecule has 0 unspecified atom stereocenters. The van der Waals surface area contributed by atoms with Gasteiger partial charge < -0.3 is 10.6 Å². The van der Waals surface area contributed by atoms with Crippen molar-refractivity contribution >= 4 is 33.2 Å². The molecule has 0 aliphatic heterocycles. The number of halogens is 3. The summed E-state index contributed by atoms with van der Waals surface area (Å²) in [5.74, 6) is -1.09. The first-order valence-corrected chi connectivity index (χ1v) is 13.0. The number of hydrogen-bond acceptors (Lipinski definition) is 5. The van der Waals surface area contributed by atoms with Crippen LogP contribution in [0.25, 0.3) is 0 Å². The van der Waals surface area contributed by atoms with Crippen molar-refractivity contribution in [3.8, 4) is 0 Å². The highest BCUT2D eigenvalue weighted by Crippen LogP contribution is 2.30. The highest BCUT2D eigenvalue weighted by molar-refractivity contribution is 7.91. The van der Waals surface area contributed by atoms with Gasteiger partial charge in [-0.05, 0) is 61.4 Å². The number of carbonyl (C=O) groups excluding carboxylic acids is 2. The molecule has 0 bridgehead atoms. The van der Waals surface area contributed by atoms with E-state index in [4.69, 9.17) is 0 Å². The molecule has 2 N–H and O–H groups in total. The Morgan fingerprint density at radius 1 is 0.892 bits per heavy atom. The average molecular weight is 534 g/mol. The van der Waals surface area contributed by atoms with Crippen LogP contribution in [0, 0.1) is 0 Å². The normalized spacial score (nSPS) is 12.2. The van der Waals surface area contributed by atoms with Crippen LogP contribution >= 0.6 is 0 Å². The van der Waals surface area contributed by atoms with Gasteiger partial charge in [-0.25, -0.2) is 13.4 Å². The standard InChI is InChI=1S/C26H26F3N3O4S/c1-4-37(35,36)20-14-8-17(9-15-20)16-23(33)30-19-12-10-18(11-13-19)25(2,3)24(34)32-22-7-5-6-21(31-22)26(27,28)29/h5-15H,4,16H2,1-3H3,(H,30,33)(H,31,32,34). The molecular weight excluding hydrogens is 507 g/mol. The predicted molar refractivity (Wildman–Crippen MR) is 134 cm³/mol. The van der Waals surface area contributed by atoms with E-state index in [-0.39, 0.29) is 28.8 Å². The minimum Gasteiger partial charge on any atom is -0.326 e. The first-order chi connectivity index (χ1) is 17.2. The summed E-state index contributed by atoms with van der Waals surface area (Å²) >= 11 is 0. The number of nitrogens with one attached hydrogen (secondary N) is 2. The van der Waals surface area contributed by atoms with Gasteiger partial charge in [-0.1, -0.05) is 37.3 Å². The van der Waals surface area contributed by atoms with E-state index < -0.39 is 33.0 Å². The highest BCUT2D eigenvalue weighted by atomic mass is 32.2. The van der Waals surface area contributed by atoms with E-state index in [1.165, 1.54) is 18.2 Å². The van der Waals surface area contributed by atoms with Gasteiger partial charge in [0.15, 0.2) is 9.84 Å². The number of amides is 2. The Balaban J connectivity index is 1.63. The van der Waals surface area contributed by atoms with Crippen molar-refractivity contribution in [1.82, 2.24) is 4.98 Å². The molecule has 0 saturated carbocycles. The average Bonchev–Trinajstić information content (AvgIpc) is 2.84. The third kappa shape index (κ3) is 6.94. The number of rotatable bonds is 8. The van der Waals surface area contributed by atoms with Crippen molar-refractivity contribution in [2.24, 2.45) is 0 Å². The molecule has 2 aromatic carbocycles. The lowest BCUT2D eigenvalue weighted by Gasteiger charge is -2.24.